The molecule has 0 fully saturated rings. The number of rotatable bonds is 12. The van der Waals surface area contributed by atoms with E-state index in [2.05, 4.69) is 22.8 Å². The van der Waals surface area contributed by atoms with Gasteiger partial charge in [-0.05, 0) is 64.1 Å². The lowest BCUT2D eigenvalue weighted by Gasteiger charge is -2.22. The Morgan fingerprint density at radius 2 is 1.56 bits per heavy atom. The number of thiophene rings is 1. The highest BCUT2D eigenvalue weighted by atomic mass is 32.1. The summed E-state index contributed by atoms with van der Waals surface area (Å²) >= 11 is 1.66. The first-order valence-electron chi connectivity index (χ1n) is 12.7. The highest BCUT2D eigenvalue weighted by Crippen LogP contribution is 2.26. The Labute approximate surface area is 231 Å². The summed E-state index contributed by atoms with van der Waals surface area (Å²) in [6, 6.07) is 22.5. The summed E-state index contributed by atoms with van der Waals surface area (Å²) in [5.41, 5.74) is 14.7. The molecule has 1 aromatic heterocycles. The van der Waals surface area contributed by atoms with Gasteiger partial charge in [0.05, 0.1) is 0 Å². The Bertz CT molecular complexity index is 1420. The molecule has 1 heterocycles. The van der Waals surface area contributed by atoms with Crippen LogP contribution >= 0.6 is 11.3 Å². The first-order chi connectivity index (χ1) is 18.9. The van der Waals surface area contributed by atoms with Crippen molar-refractivity contribution >= 4 is 39.3 Å². The first kappa shape index (κ1) is 27.8. The van der Waals surface area contributed by atoms with Crippen molar-refractivity contribution in [2.45, 2.75) is 32.4 Å². The molecule has 202 valence electrons. The second-order valence-electron chi connectivity index (χ2n) is 9.13. The van der Waals surface area contributed by atoms with Gasteiger partial charge in [0.1, 0.15) is 5.75 Å². The van der Waals surface area contributed by atoms with Gasteiger partial charge < -0.3 is 21.5 Å². The summed E-state index contributed by atoms with van der Waals surface area (Å²) in [6.45, 7) is 0.840. The largest absolute Gasteiger partial charge is 0.484 e. The van der Waals surface area contributed by atoms with Crippen LogP contribution in [0.5, 0.6) is 5.75 Å². The van der Waals surface area contributed by atoms with Gasteiger partial charge >= 0.3 is 6.03 Å². The second kappa shape index (κ2) is 13.5. The quantitative estimate of drug-likeness (QED) is 0.247. The predicted octanol–water partition coefficient (Wildman–Crippen LogP) is 4.14. The van der Waals surface area contributed by atoms with Crippen molar-refractivity contribution < 1.29 is 19.1 Å². The molecule has 0 atom stereocenters. The molecule has 4 rings (SSSR count). The smallest absolute Gasteiger partial charge is 0.324 e. The number of aryl methyl sites for hydroxylation is 1. The molecule has 4 aromatic rings. The molecule has 0 aliphatic carbocycles. The van der Waals surface area contributed by atoms with E-state index in [1.165, 1.54) is 9.60 Å². The maximum absolute atomic E-state index is 13.3. The molecule has 9 heteroatoms. The topological polar surface area (TPSA) is 128 Å². The third kappa shape index (κ3) is 7.89. The summed E-state index contributed by atoms with van der Waals surface area (Å²) in [7, 11) is 0. The molecular weight excluding hydrogens is 512 g/mol. The molecule has 0 aliphatic rings. The lowest BCUT2D eigenvalue weighted by molar-refractivity contribution is -0.128. The van der Waals surface area contributed by atoms with Crippen molar-refractivity contribution in [1.82, 2.24) is 10.2 Å². The molecule has 4 amide bonds. The summed E-state index contributed by atoms with van der Waals surface area (Å²) in [4.78, 5) is 38.7. The van der Waals surface area contributed by atoms with E-state index in [9.17, 15) is 14.4 Å². The van der Waals surface area contributed by atoms with Crippen LogP contribution in [0.15, 0.2) is 78.2 Å². The number of benzene rings is 3. The number of nitrogens with zero attached hydrogens (tertiary/aromatic N) is 1. The van der Waals surface area contributed by atoms with E-state index in [0.717, 1.165) is 27.6 Å². The van der Waals surface area contributed by atoms with Crippen molar-refractivity contribution in [3.63, 3.8) is 0 Å². The summed E-state index contributed by atoms with van der Waals surface area (Å²) in [5.74, 6) is -0.280. The van der Waals surface area contributed by atoms with Gasteiger partial charge in [-0.25, -0.2) is 4.79 Å². The monoisotopic (exact) mass is 544 g/mol. The Hall–Kier alpha value is -4.21. The normalized spacial score (nSPS) is 10.8. The number of hydrogen-bond donors (Lipinski definition) is 3. The van der Waals surface area contributed by atoms with Crippen LogP contribution < -0.4 is 21.5 Å². The average molecular weight is 545 g/mol. The number of hydrogen-bond acceptors (Lipinski definition) is 6. The van der Waals surface area contributed by atoms with Crippen molar-refractivity contribution in [2.24, 2.45) is 11.5 Å². The van der Waals surface area contributed by atoms with Crippen molar-refractivity contribution in [2.75, 3.05) is 13.2 Å². The molecule has 5 N–H and O–H groups in total. The van der Waals surface area contributed by atoms with Gasteiger partial charge in [0.2, 0.25) is 5.91 Å². The average Bonchev–Trinajstić information content (AvgIpc) is 3.37. The highest BCUT2D eigenvalue weighted by molar-refractivity contribution is 7.17. The molecule has 0 spiro atoms. The van der Waals surface area contributed by atoms with Gasteiger partial charge in [0.15, 0.2) is 6.61 Å². The van der Waals surface area contributed by atoms with Crippen LogP contribution in [0.2, 0.25) is 0 Å². The number of imide groups is 1. The molecule has 0 radical (unpaired) electrons. The molecule has 0 aliphatic heterocycles. The maximum Gasteiger partial charge on any atom is 0.324 e. The number of primary amides is 1. The molecule has 0 unspecified atom stereocenters. The fraction of sp³-hybridized carbons (Fsp3) is 0.233. The Kier molecular flexibility index (Phi) is 9.66. The molecule has 0 bridgehead atoms. The summed E-state index contributed by atoms with van der Waals surface area (Å²) in [5, 5.41) is 6.13. The molecule has 3 aromatic carbocycles. The predicted molar refractivity (Wildman–Crippen MR) is 153 cm³/mol. The Balaban J connectivity index is 1.40. The van der Waals surface area contributed by atoms with Gasteiger partial charge in [0, 0.05) is 30.8 Å². The number of carbonyl (C=O) groups is 3. The highest BCUT2D eigenvalue weighted by Gasteiger charge is 2.21. The van der Waals surface area contributed by atoms with E-state index in [4.69, 9.17) is 16.2 Å². The fourth-order valence-electron chi connectivity index (χ4n) is 4.16. The number of amides is 4. The van der Waals surface area contributed by atoms with E-state index in [1.54, 1.807) is 23.5 Å². The van der Waals surface area contributed by atoms with Gasteiger partial charge in [-0.2, -0.15) is 0 Å². The van der Waals surface area contributed by atoms with E-state index in [-0.39, 0.29) is 25.5 Å². The maximum atomic E-state index is 13.3. The fourth-order valence-corrected chi connectivity index (χ4v) is 5.15. The Morgan fingerprint density at radius 1 is 0.872 bits per heavy atom. The standard InChI is InChI=1S/C30H32N4O4S/c31-17-22-5-7-23(8-6-22)18-33-30(37)34(16-15-24-20-39-27-4-2-1-3-26(24)27)29(36)14-11-21-9-12-25(13-10-21)38-19-28(32)35/h1-10,12-13,20H,11,14-19,31H2,(H2,32,35)(H,33,37). The zero-order chi connectivity index (χ0) is 27.6. The van der Waals surface area contributed by atoms with Crippen molar-refractivity contribution in [3.8, 4) is 5.75 Å². The van der Waals surface area contributed by atoms with Crippen LogP contribution in [0.25, 0.3) is 10.1 Å². The molecule has 0 saturated heterocycles. The second-order valence-corrected chi connectivity index (χ2v) is 10.0. The number of nitrogens with two attached hydrogens (primary N) is 2. The van der Waals surface area contributed by atoms with Crippen molar-refractivity contribution in [3.05, 3.63) is 100 Å². The van der Waals surface area contributed by atoms with Crippen molar-refractivity contribution in [1.29, 1.82) is 0 Å². The summed E-state index contributed by atoms with van der Waals surface area (Å²) in [6.07, 6.45) is 1.20. The van der Waals surface area contributed by atoms with Gasteiger partial charge in [0.25, 0.3) is 5.91 Å². The van der Waals surface area contributed by atoms with Crippen LogP contribution in [0, 0.1) is 0 Å². The first-order valence-corrected chi connectivity index (χ1v) is 13.6. The lowest BCUT2D eigenvalue weighted by atomic mass is 10.1. The van der Waals surface area contributed by atoms with E-state index in [1.807, 2.05) is 48.5 Å². The zero-order valence-electron chi connectivity index (χ0n) is 21.6. The third-order valence-electron chi connectivity index (χ3n) is 6.35. The number of ether oxygens (including phenoxy) is 1. The summed E-state index contributed by atoms with van der Waals surface area (Å²) < 4.78 is 6.46. The Morgan fingerprint density at radius 3 is 2.28 bits per heavy atom. The number of fused-ring (bicyclic) bond motifs is 1. The van der Waals surface area contributed by atoms with Crippen LogP contribution in [0.1, 0.15) is 28.7 Å². The van der Waals surface area contributed by atoms with Gasteiger partial charge in [-0.3, -0.25) is 14.5 Å². The number of nitrogens with one attached hydrogen (secondary N) is 1. The third-order valence-corrected chi connectivity index (χ3v) is 7.36. The molecular formula is C30H32N4O4S. The van der Waals surface area contributed by atoms with Gasteiger partial charge in [-0.1, -0.05) is 54.6 Å². The SMILES string of the molecule is NCc1ccc(CNC(=O)N(CCc2csc3ccccc23)C(=O)CCc2ccc(OCC(N)=O)cc2)cc1. The molecule has 0 saturated carbocycles. The van der Waals surface area contributed by atoms with Crippen LogP contribution in [-0.2, 0) is 35.5 Å². The minimum Gasteiger partial charge on any atom is -0.484 e. The van der Waals surface area contributed by atoms with E-state index in [0.29, 0.717) is 31.7 Å². The lowest BCUT2D eigenvalue weighted by Crippen LogP contribution is -2.44. The molecule has 39 heavy (non-hydrogen) atoms. The van der Waals surface area contributed by atoms with Crippen LogP contribution in [0.4, 0.5) is 4.79 Å². The van der Waals surface area contributed by atoms with E-state index < -0.39 is 11.9 Å². The number of urea groups is 1. The zero-order valence-corrected chi connectivity index (χ0v) is 22.4. The van der Waals surface area contributed by atoms with Crippen LogP contribution in [-0.4, -0.2) is 35.9 Å². The number of carbonyl (C=O) groups excluding carboxylic acids is 3. The van der Waals surface area contributed by atoms with Gasteiger partial charge in [-0.15, -0.1) is 11.3 Å². The minimum atomic E-state index is -0.550. The minimum absolute atomic E-state index is 0.171. The van der Waals surface area contributed by atoms with Crippen LogP contribution in [0.3, 0.4) is 0 Å². The van der Waals surface area contributed by atoms with E-state index >= 15 is 0 Å². The molecule has 8 nitrogen and oxygen atoms in total.